The van der Waals surface area contributed by atoms with Crippen molar-refractivity contribution in [2.24, 2.45) is 5.92 Å². The molecular formula is C36H46N2O8S. The third-order valence-corrected chi connectivity index (χ3v) is 9.74. The molecule has 3 unspecified atom stereocenters. The molecule has 5 atom stereocenters. The molecule has 0 aromatic heterocycles. The summed E-state index contributed by atoms with van der Waals surface area (Å²) in [5.41, 5.74) is 3.22. The Kier molecular flexibility index (Phi) is 12.2. The van der Waals surface area contributed by atoms with E-state index in [0.29, 0.717) is 18.4 Å². The van der Waals surface area contributed by atoms with Gasteiger partial charge in [-0.1, -0.05) is 78.9 Å². The summed E-state index contributed by atoms with van der Waals surface area (Å²) in [6, 6.07) is 22.4. The van der Waals surface area contributed by atoms with Gasteiger partial charge < -0.3 is 30.7 Å². The second kappa shape index (κ2) is 15.9. The fourth-order valence-electron chi connectivity index (χ4n) is 5.89. The summed E-state index contributed by atoms with van der Waals surface area (Å²) < 4.78 is 29.9. The van der Waals surface area contributed by atoms with Crippen molar-refractivity contribution in [1.82, 2.24) is 10.6 Å². The Hall–Kier alpha value is -3.77. The highest BCUT2D eigenvalue weighted by atomic mass is 32.2. The van der Waals surface area contributed by atoms with E-state index in [1.807, 2.05) is 54.6 Å². The molecule has 2 amide bonds. The van der Waals surface area contributed by atoms with Gasteiger partial charge in [-0.25, -0.2) is 13.2 Å². The molecule has 3 aromatic carbocycles. The maximum Gasteiger partial charge on any atom is 0.407 e. The van der Waals surface area contributed by atoms with Gasteiger partial charge in [0.1, 0.15) is 5.60 Å². The zero-order chi connectivity index (χ0) is 34.2. The molecule has 4 rings (SSSR count). The summed E-state index contributed by atoms with van der Waals surface area (Å²) in [5, 5.41) is 37.3. The number of nitrogens with one attached hydrogen (secondary N) is 2. The van der Waals surface area contributed by atoms with Crippen LogP contribution in [0, 0.1) is 5.92 Å². The Balaban J connectivity index is 1.58. The molecule has 0 fully saturated rings. The Morgan fingerprint density at radius 1 is 0.915 bits per heavy atom. The molecule has 3 aromatic rings. The van der Waals surface area contributed by atoms with E-state index in [1.54, 1.807) is 45.0 Å². The second-order valence-corrected chi connectivity index (χ2v) is 15.4. The number of hydrogen-bond acceptors (Lipinski definition) is 8. The Bertz CT molecular complexity index is 1590. The van der Waals surface area contributed by atoms with Gasteiger partial charge in [0.25, 0.3) is 0 Å². The Morgan fingerprint density at radius 3 is 2.19 bits per heavy atom. The van der Waals surface area contributed by atoms with Gasteiger partial charge >= 0.3 is 6.09 Å². The van der Waals surface area contributed by atoms with Crippen molar-refractivity contribution >= 4 is 21.8 Å². The molecule has 1 aliphatic rings. The number of hydrogen-bond donors (Lipinski definition) is 5. The summed E-state index contributed by atoms with van der Waals surface area (Å²) in [4.78, 5) is 26.8. The highest BCUT2D eigenvalue weighted by Gasteiger charge is 2.35. The summed E-state index contributed by atoms with van der Waals surface area (Å²) in [6.45, 7) is 4.79. The predicted molar refractivity (Wildman–Crippen MR) is 179 cm³/mol. The molecule has 0 bridgehead atoms. The highest BCUT2D eigenvalue weighted by molar-refractivity contribution is 7.90. The zero-order valence-electron chi connectivity index (χ0n) is 27.1. The third-order valence-electron chi connectivity index (χ3n) is 8.16. The van der Waals surface area contributed by atoms with Crippen LogP contribution >= 0.6 is 0 Å². The molecule has 0 heterocycles. The van der Waals surface area contributed by atoms with Crippen LogP contribution in [-0.4, -0.2) is 71.9 Å². The van der Waals surface area contributed by atoms with Crippen molar-refractivity contribution in [3.63, 3.8) is 0 Å². The lowest BCUT2D eigenvalue weighted by atomic mass is 9.88. The number of ether oxygens (including phenoxy) is 1. The normalized spacial score (nSPS) is 18.1. The molecule has 47 heavy (non-hydrogen) atoms. The van der Waals surface area contributed by atoms with E-state index in [9.17, 15) is 28.2 Å². The molecule has 0 saturated carbocycles. The van der Waals surface area contributed by atoms with E-state index < -0.39 is 58.3 Å². The van der Waals surface area contributed by atoms with E-state index in [0.717, 1.165) is 22.3 Å². The van der Waals surface area contributed by atoms with Crippen LogP contribution in [0.1, 0.15) is 61.1 Å². The average Bonchev–Trinajstić information content (AvgIpc) is 3.31. The minimum Gasteiger partial charge on any atom is -0.444 e. The summed E-state index contributed by atoms with van der Waals surface area (Å²) in [5.74, 6) is -1.68. The lowest BCUT2D eigenvalue weighted by molar-refractivity contribution is -0.127. The molecule has 1 aliphatic carbocycles. The molecule has 254 valence electrons. The van der Waals surface area contributed by atoms with E-state index in [2.05, 4.69) is 10.6 Å². The number of rotatable bonds is 14. The molecule has 0 saturated heterocycles. The number of aliphatic hydroxyl groups is 3. The first kappa shape index (κ1) is 36.1. The van der Waals surface area contributed by atoms with Crippen LogP contribution in [0.4, 0.5) is 4.79 Å². The third kappa shape index (κ3) is 10.9. The van der Waals surface area contributed by atoms with Crippen molar-refractivity contribution in [1.29, 1.82) is 0 Å². The van der Waals surface area contributed by atoms with Gasteiger partial charge in [-0.15, -0.1) is 0 Å². The first-order valence-electron chi connectivity index (χ1n) is 15.9. The van der Waals surface area contributed by atoms with Crippen LogP contribution < -0.4 is 10.6 Å². The molecular weight excluding hydrogens is 620 g/mol. The minimum absolute atomic E-state index is 0.0176. The number of carbonyl (C=O) groups is 2. The maximum atomic E-state index is 14.0. The summed E-state index contributed by atoms with van der Waals surface area (Å²) in [6.07, 6.45) is -1.74. The van der Waals surface area contributed by atoms with Crippen molar-refractivity contribution < 1.29 is 38.1 Å². The number of benzene rings is 3. The lowest BCUT2D eigenvalue weighted by Crippen LogP contribution is -2.48. The molecule has 0 radical (unpaired) electrons. The van der Waals surface area contributed by atoms with Crippen LogP contribution in [-0.2, 0) is 44.4 Å². The standard InChI is InChI=1S/C36H46N2O8S/c1-36(2,3)46-35(43)37-30(20-24-9-5-4-6-10-24)31(40)22-28(19-25-13-15-26(16-14-25)23-47(44,45)18-17-39)34(42)38-33-29-12-8-7-11-27(29)21-32(33)41/h4-16,28,30-33,39-41H,17-23H2,1-3H3,(H,37,43)(H,38,42)/t28?,30?,31?,32-,33-/m0/s1. The van der Waals surface area contributed by atoms with Crippen molar-refractivity contribution in [2.45, 2.75) is 82.1 Å². The van der Waals surface area contributed by atoms with Gasteiger partial charge in [0, 0.05) is 12.3 Å². The van der Waals surface area contributed by atoms with Crippen LogP contribution in [0.2, 0.25) is 0 Å². The van der Waals surface area contributed by atoms with E-state index in [1.165, 1.54) is 0 Å². The van der Waals surface area contributed by atoms with Gasteiger partial charge in [0.15, 0.2) is 9.84 Å². The Labute approximate surface area is 277 Å². The number of fused-ring (bicyclic) bond motifs is 1. The minimum atomic E-state index is -3.47. The molecule has 10 nitrogen and oxygen atoms in total. The van der Waals surface area contributed by atoms with Crippen LogP contribution in [0.5, 0.6) is 0 Å². The van der Waals surface area contributed by atoms with E-state index >= 15 is 0 Å². The lowest BCUT2D eigenvalue weighted by Gasteiger charge is -2.30. The predicted octanol–water partition coefficient (Wildman–Crippen LogP) is 3.41. The van der Waals surface area contributed by atoms with Crippen LogP contribution in [0.15, 0.2) is 78.9 Å². The second-order valence-electron chi connectivity index (χ2n) is 13.2. The van der Waals surface area contributed by atoms with E-state index in [-0.39, 0.29) is 30.3 Å². The summed E-state index contributed by atoms with van der Waals surface area (Å²) in [7, 11) is -3.47. The maximum absolute atomic E-state index is 14.0. The van der Waals surface area contributed by atoms with E-state index in [4.69, 9.17) is 9.84 Å². The molecule has 0 spiro atoms. The number of aliphatic hydroxyl groups excluding tert-OH is 3. The van der Waals surface area contributed by atoms with Gasteiger partial charge in [-0.2, -0.15) is 0 Å². The molecule has 5 N–H and O–H groups in total. The number of amides is 2. The largest absolute Gasteiger partial charge is 0.444 e. The first-order chi connectivity index (χ1) is 22.2. The fourth-order valence-corrected chi connectivity index (χ4v) is 7.01. The van der Waals surface area contributed by atoms with Gasteiger partial charge in [-0.3, -0.25) is 4.79 Å². The summed E-state index contributed by atoms with van der Waals surface area (Å²) >= 11 is 0. The fraction of sp³-hybridized carbons (Fsp3) is 0.444. The first-order valence-corrected chi connectivity index (χ1v) is 17.7. The highest BCUT2D eigenvalue weighted by Crippen LogP contribution is 2.32. The monoisotopic (exact) mass is 666 g/mol. The van der Waals surface area contributed by atoms with Crippen molar-refractivity contribution in [2.75, 3.05) is 12.4 Å². The quantitative estimate of drug-likeness (QED) is 0.175. The van der Waals surface area contributed by atoms with Gasteiger partial charge in [-0.05, 0) is 67.9 Å². The number of carbonyl (C=O) groups excluding carboxylic acids is 2. The smallest absolute Gasteiger partial charge is 0.407 e. The zero-order valence-corrected chi connectivity index (χ0v) is 27.9. The van der Waals surface area contributed by atoms with Crippen molar-refractivity contribution in [3.8, 4) is 0 Å². The number of sulfone groups is 1. The SMILES string of the molecule is CC(C)(C)OC(=O)NC(Cc1ccccc1)C(O)CC(Cc1ccc(CS(=O)(=O)CCO)cc1)C(=O)N[C@H]1c2ccccc2C[C@@H]1O. The van der Waals surface area contributed by atoms with Crippen LogP contribution in [0.3, 0.4) is 0 Å². The molecule has 0 aliphatic heterocycles. The van der Waals surface area contributed by atoms with Crippen molar-refractivity contribution in [3.05, 3.63) is 107 Å². The van der Waals surface area contributed by atoms with Crippen LogP contribution in [0.25, 0.3) is 0 Å². The molecule has 11 heteroatoms. The Morgan fingerprint density at radius 2 is 1.53 bits per heavy atom. The number of alkyl carbamates (subject to hydrolysis) is 1. The van der Waals surface area contributed by atoms with Gasteiger partial charge in [0.2, 0.25) is 5.91 Å². The van der Waals surface area contributed by atoms with Gasteiger partial charge in [0.05, 0.1) is 42.4 Å². The topological polar surface area (TPSA) is 162 Å². The average molecular weight is 667 g/mol.